The van der Waals surface area contributed by atoms with Crippen molar-refractivity contribution >= 4 is 46.3 Å². The summed E-state index contributed by atoms with van der Waals surface area (Å²) in [4.78, 5) is 44.6. The Morgan fingerprint density at radius 3 is 2.81 bits per heavy atom. The number of carboxylic acids is 1. The summed E-state index contributed by atoms with van der Waals surface area (Å²) in [6, 6.07) is 4.49. The van der Waals surface area contributed by atoms with Crippen molar-refractivity contribution in [3.8, 4) is 0 Å². The third-order valence-corrected chi connectivity index (χ3v) is 5.17. The molecule has 0 atom stereocenters. The number of imidazole rings is 1. The molecule has 0 radical (unpaired) electrons. The van der Waals surface area contributed by atoms with Crippen LogP contribution in [0, 0.1) is 10.1 Å². The first kappa shape index (κ1) is 19.0. The van der Waals surface area contributed by atoms with Crippen LogP contribution in [0.2, 0.25) is 0 Å². The molecule has 2 aromatic rings. The molecule has 0 unspecified atom stereocenters. The minimum absolute atomic E-state index is 0.00389. The van der Waals surface area contributed by atoms with E-state index in [-0.39, 0.29) is 23.1 Å². The number of fused-ring (bicyclic) bond motifs is 1. The highest BCUT2D eigenvalue weighted by Gasteiger charge is 2.21. The van der Waals surface area contributed by atoms with E-state index in [1.807, 2.05) is 4.90 Å². The number of aliphatic carboxylic acids is 1. The average molecular weight is 393 g/mol. The van der Waals surface area contributed by atoms with Crippen molar-refractivity contribution in [1.82, 2.24) is 14.9 Å². The number of carbonyl (C=O) groups excluding carboxylic acids is 1. The summed E-state index contributed by atoms with van der Waals surface area (Å²) in [5.41, 5.74) is 1.25. The van der Waals surface area contributed by atoms with E-state index in [9.17, 15) is 19.7 Å². The van der Waals surface area contributed by atoms with Gasteiger partial charge >= 0.3 is 5.97 Å². The first-order valence-electron chi connectivity index (χ1n) is 8.40. The molecule has 2 N–H and O–H groups in total. The molecule has 1 amide bonds. The number of H-pyrrole nitrogens is 1. The van der Waals surface area contributed by atoms with Crippen molar-refractivity contribution in [1.29, 1.82) is 0 Å². The molecule has 11 heteroatoms. The molecule has 10 nitrogen and oxygen atoms in total. The molecule has 0 aliphatic carbocycles. The van der Waals surface area contributed by atoms with E-state index in [1.165, 1.54) is 12.1 Å². The van der Waals surface area contributed by atoms with E-state index >= 15 is 0 Å². The lowest BCUT2D eigenvalue weighted by atomic mass is 10.3. The van der Waals surface area contributed by atoms with Crippen LogP contribution in [0.3, 0.4) is 0 Å². The van der Waals surface area contributed by atoms with Crippen LogP contribution in [0.5, 0.6) is 0 Å². The first-order chi connectivity index (χ1) is 12.9. The van der Waals surface area contributed by atoms with Crippen molar-refractivity contribution in [2.45, 2.75) is 6.42 Å². The molecule has 1 fully saturated rings. The highest BCUT2D eigenvalue weighted by Crippen LogP contribution is 2.23. The van der Waals surface area contributed by atoms with E-state index in [4.69, 9.17) is 5.11 Å². The Bertz CT molecular complexity index is 870. The van der Waals surface area contributed by atoms with Crippen molar-refractivity contribution in [2.24, 2.45) is 0 Å². The number of nitro groups is 1. The molecule has 0 spiro atoms. The maximum absolute atomic E-state index is 12.2. The van der Waals surface area contributed by atoms with Gasteiger partial charge in [-0.2, -0.15) is 0 Å². The standard InChI is InChI=1S/C16H19N5O5S/c22-14(9-27-10-15(23)24)19-4-1-5-20(7-6-19)16-17-12-3-2-11(21(25)26)8-13(12)18-16/h2-3,8H,1,4-7,9-10H2,(H,17,18)(H,23,24). The number of thioether (sulfide) groups is 1. The number of nitro benzene ring substituents is 1. The highest BCUT2D eigenvalue weighted by atomic mass is 32.2. The fourth-order valence-corrected chi connectivity index (χ4v) is 3.58. The van der Waals surface area contributed by atoms with E-state index in [0.29, 0.717) is 43.2 Å². The number of hydrogen-bond donors (Lipinski definition) is 2. The zero-order chi connectivity index (χ0) is 19.4. The van der Waals surface area contributed by atoms with Crippen LogP contribution < -0.4 is 4.90 Å². The Morgan fingerprint density at radius 1 is 1.26 bits per heavy atom. The monoisotopic (exact) mass is 393 g/mol. The number of carboxylic acid groups (broad SMARTS) is 1. The molecule has 2 heterocycles. The van der Waals surface area contributed by atoms with Crippen LogP contribution >= 0.6 is 11.8 Å². The van der Waals surface area contributed by atoms with Crippen LogP contribution in [-0.4, -0.2) is 74.5 Å². The van der Waals surface area contributed by atoms with Gasteiger partial charge in [0.25, 0.3) is 5.69 Å². The largest absolute Gasteiger partial charge is 0.481 e. The average Bonchev–Trinajstić information content (AvgIpc) is 2.89. The second-order valence-corrected chi connectivity index (χ2v) is 7.11. The Kier molecular flexibility index (Phi) is 5.79. The van der Waals surface area contributed by atoms with Gasteiger partial charge in [0.15, 0.2) is 0 Å². The predicted molar refractivity (Wildman–Crippen MR) is 101 cm³/mol. The fraction of sp³-hybridized carbons (Fsp3) is 0.438. The van der Waals surface area contributed by atoms with Gasteiger partial charge in [0.05, 0.1) is 27.5 Å². The third-order valence-electron chi connectivity index (χ3n) is 4.26. The molecule has 1 saturated heterocycles. The van der Waals surface area contributed by atoms with Crippen molar-refractivity contribution < 1.29 is 19.6 Å². The quantitative estimate of drug-likeness (QED) is 0.555. The van der Waals surface area contributed by atoms with E-state index < -0.39 is 10.9 Å². The zero-order valence-electron chi connectivity index (χ0n) is 14.5. The molecule has 144 valence electrons. The molecular formula is C16H19N5O5S. The third kappa shape index (κ3) is 4.67. The van der Waals surface area contributed by atoms with Gasteiger partial charge in [0, 0.05) is 38.3 Å². The van der Waals surface area contributed by atoms with Gasteiger partial charge in [-0.25, -0.2) is 4.98 Å². The summed E-state index contributed by atoms with van der Waals surface area (Å²) in [6.45, 7) is 2.41. The molecule has 1 aromatic heterocycles. The summed E-state index contributed by atoms with van der Waals surface area (Å²) in [5, 5.41) is 19.5. The molecule has 0 bridgehead atoms. The predicted octanol–water partition coefficient (Wildman–Crippen LogP) is 1.33. The molecule has 1 aromatic carbocycles. The number of nitrogens with zero attached hydrogens (tertiary/aromatic N) is 4. The maximum Gasteiger partial charge on any atom is 0.313 e. The number of aromatic nitrogens is 2. The minimum Gasteiger partial charge on any atom is -0.481 e. The van der Waals surface area contributed by atoms with Crippen LogP contribution in [-0.2, 0) is 9.59 Å². The van der Waals surface area contributed by atoms with Gasteiger partial charge in [-0.15, -0.1) is 11.8 Å². The second-order valence-electron chi connectivity index (χ2n) is 6.13. The van der Waals surface area contributed by atoms with Crippen molar-refractivity contribution in [2.75, 3.05) is 42.6 Å². The summed E-state index contributed by atoms with van der Waals surface area (Å²) in [5.74, 6) is -0.305. The highest BCUT2D eigenvalue weighted by molar-refractivity contribution is 8.00. The number of rotatable bonds is 6. The number of benzene rings is 1. The van der Waals surface area contributed by atoms with Gasteiger partial charge in [-0.1, -0.05) is 0 Å². The SMILES string of the molecule is O=C(O)CSCC(=O)N1CCCN(c2nc3ccc([N+](=O)[O-])cc3[nH]2)CC1. The molecule has 3 rings (SSSR count). The van der Waals surface area contributed by atoms with E-state index in [1.54, 1.807) is 11.0 Å². The summed E-state index contributed by atoms with van der Waals surface area (Å²) < 4.78 is 0. The number of amides is 1. The maximum atomic E-state index is 12.2. The number of nitrogens with one attached hydrogen (secondary N) is 1. The smallest absolute Gasteiger partial charge is 0.313 e. The molecular weight excluding hydrogens is 374 g/mol. The zero-order valence-corrected chi connectivity index (χ0v) is 15.3. The minimum atomic E-state index is -0.931. The van der Waals surface area contributed by atoms with E-state index in [0.717, 1.165) is 18.2 Å². The molecule has 0 saturated carbocycles. The Hall–Kier alpha value is -2.82. The number of anilines is 1. The van der Waals surface area contributed by atoms with Crippen LogP contribution in [0.15, 0.2) is 18.2 Å². The number of aromatic amines is 1. The van der Waals surface area contributed by atoms with Crippen LogP contribution in [0.1, 0.15) is 6.42 Å². The van der Waals surface area contributed by atoms with Crippen LogP contribution in [0.25, 0.3) is 11.0 Å². The Balaban J connectivity index is 1.63. The summed E-state index contributed by atoms with van der Waals surface area (Å²) >= 11 is 1.10. The van der Waals surface area contributed by atoms with Crippen molar-refractivity contribution in [3.05, 3.63) is 28.3 Å². The lowest BCUT2D eigenvalue weighted by molar-refractivity contribution is -0.384. The van der Waals surface area contributed by atoms with Gasteiger partial charge in [-0.05, 0) is 12.5 Å². The lowest BCUT2D eigenvalue weighted by Gasteiger charge is -2.21. The Labute approximate surface area is 158 Å². The summed E-state index contributed by atoms with van der Waals surface area (Å²) in [6.07, 6.45) is 0.756. The first-order valence-corrected chi connectivity index (χ1v) is 9.56. The molecule has 27 heavy (non-hydrogen) atoms. The van der Waals surface area contributed by atoms with Gasteiger partial charge in [0.2, 0.25) is 11.9 Å². The molecule has 1 aliphatic rings. The van der Waals surface area contributed by atoms with E-state index in [2.05, 4.69) is 9.97 Å². The number of non-ortho nitro benzene ring substituents is 1. The van der Waals surface area contributed by atoms with Gasteiger partial charge in [-0.3, -0.25) is 19.7 Å². The van der Waals surface area contributed by atoms with Gasteiger partial charge < -0.3 is 19.9 Å². The van der Waals surface area contributed by atoms with Crippen LogP contribution in [0.4, 0.5) is 11.6 Å². The fourth-order valence-electron chi connectivity index (χ4n) is 2.94. The Morgan fingerprint density at radius 2 is 2.07 bits per heavy atom. The molecule has 1 aliphatic heterocycles. The summed E-state index contributed by atoms with van der Waals surface area (Å²) in [7, 11) is 0. The lowest BCUT2D eigenvalue weighted by Crippen LogP contribution is -2.36. The van der Waals surface area contributed by atoms with Gasteiger partial charge in [0.1, 0.15) is 0 Å². The van der Waals surface area contributed by atoms with Crippen molar-refractivity contribution in [3.63, 3.8) is 0 Å². The number of carbonyl (C=O) groups is 2. The topological polar surface area (TPSA) is 133 Å². The second kappa shape index (κ2) is 8.25. The normalized spacial score (nSPS) is 15.0. The number of hydrogen-bond acceptors (Lipinski definition) is 7.